The van der Waals surface area contributed by atoms with Gasteiger partial charge in [0.2, 0.25) is 5.91 Å². The van der Waals surface area contributed by atoms with E-state index in [1.54, 1.807) is 26.2 Å². The summed E-state index contributed by atoms with van der Waals surface area (Å²) >= 11 is 12.2. The predicted molar refractivity (Wildman–Crippen MR) is 83.8 cm³/mol. The predicted octanol–water partition coefficient (Wildman–Crippen LogP) is 3.25. The number of nitrogens with one attached hydrogen (secondary N) is 2. The molecule has 0 saturated carbocycles. The molecule has 0 aliphatic carbocycles. The highest BCUT2D eigenvalue weighted by Gasteiger charge is 2.14. The molecule has 6 heteroatoms. The van der Waals surface area contributed by atoms with Crippen LogP contribution in [0, 0.1) is 6.92 Å². The Bertz CT molecular complexity index is 467. The number of anilines is 1. The van der Waals surface area contributed by atoms with Crippen molar-refractivity contribution in [2.45, 2.75) is 26.3 Å². The summed E-state index contributed by atoms with van der Waals surface area (Å²) in [5, 5.41) is 7.05. The van der Waals surface area contributed by atoms with Crippen molar-refractivity contribution in [3.63, 3.8) is 0 Å². The maximum atomic E-state index is 11.9. The van der Waals surface area contributed by atoms with Gasteiger partial charge in [0, 0.05) is 25.3 Å². The number of hydrogen-bond acceptors (Lipinski definition) is 3. The minimum Gasteiger partial charge on any atom is -0.385 e. The Balaban J connectivity index is 2.55. The quantitative estimate of drug-likeness (QED) is 0.759. The van der Waals surface area contributed by atoms with Crippen LogP contribution >= 0.6 is 23.2 Å². The number of benzene rings is 1. The molecule has 0 aromatic heterocycles. The van der Waals surface area contributed by atoms with Crippen molar-refractivity contribution in [1.82, 2.24) is 5.32 Å². The van der Waals surface area contributed by atoms with Crippen molar-refractivity contribution in [2.75, 3.05) is 25.6 Å². The first-order chi connectivity index (χ1) is 9.45. The normalized spacial score (nSPS) is 12.1. The summed E-state index contributed by atoms with van der Waals surface area (Å²) in [7, 11) is 1.63. The van der Waals surface area contributed by atoms with Crippen LogP contribution in [-0.4, -0.2) is 32.2 Å². The minimum absolute atomic E-state index is 0.0890. The van der Waals surface area contributed by atoms with Gasteiger partial charge in [0.05, 0.1) is 10.7 Å². The van der Waals surface area contributed by atoms with Crippen LogP contribution in [0.4, 0.5) is 5.69 Å². The number of amides is 1. The zero-order valence-corrected chi connectivity index (χ0v) is 13.4. The molecule has 112 valence electrons. The number of aryl methyl sites for hydroxylation is 1. The van der Waals surface area contributed by atoms with Gasteiger partial charge in [-0.3, -0.25) is 4.79 Å². The molecule has 0 bridgehead atoms. The van der Waals surface area contributed by atoms with Crippen LogP contribution in [0.25, 0.3) is 0 Å². The van der Waals surface area contributed by atoms with Crippen LogP contribution in [0.5, 0.6) is 0 Å². The number of hydrogen-bond donors (Lipinski definition) is 2. The fourth-order valence-electron chi connectivity index (χ4n) is 1.64. The molecule has 1 atom stereocenters. The summed E-state index contributed by atoms with van der Waals surface area (Å²) in [6.45, 7) is 4.86. The Kier molecular flexibility index (Phi) is 7.13. The molecule has 1 aromatic carbocycles. The van der Waals surface area contributed by atoms with Gasteiger partial charge in [0.15, 0.2) is 0 Å². The molecular formula is C14H20Cl2N2O2. The average Bonchev–Trinajstić information content (AvgIpc) is 2.40. The molecule has 0 radical (unpaired) electrons. The fourth-order valence-corrected chi connectivity index (χ4v) is 2.07. The molecule has 1 unspecified atom stereocenters. The zero-order valence-electron chi connectivity index (χ0n) is 11.9. The maximum Gasteiger partial charge on any atom is 0.242 e. The lowest BCUT2D eigenvalue weighted by Crippen LogP contribution is -2.38. The summed E-state index contributed by atoms with van der Waals surface area (Å²) in [5.74, 6) is -0.0890. The lowest BCUT2D eigenvalue weighted by molar-refractivity contribution is -0.121. The van der Waals surface area contributed by atoms with E-state index in [9.17, 15) is 4.79 Å². The molecule has 0 fully saturated rings. The third-order valence-corrected chi connectivity index (χ3v) is 3.56. The number of carbonyl (C=O) groups is 1. The van der Waals surface area contributed by atoms with E-state index in [1.807, 2.05) is 6.92 Å². The number of ether oxygens (including phenoxy) is 1. The Morgan fingerprint density at radius 3 is 2.70 bits per heavy atom. The van der Waals surface area contributed by atoms with E-state index in [0.717, 1.165) is 12.0 Å². The summed E-state index contributed by atoms with van der Waals surface area (Å²) in [6, 6.07) is 3.11. The van der Waals surface area contributed by atoms with Crippen LogP contribution in [-0.2, 0) is 9.53 Å². The van der Waals surface area contributed by atoms with Crippen molar-refractivity contribution in [2.24, 2.45) is 0 Å². The molecule has 0 aliphatic rings. The number of carbonyl (C=O) groups excluding carboxylic acids is 1. The number of halogens is 2. The van der Waals surface area contributed by atoms with Crippen molar-refractivity contribution in [3.8, 4) is 0 Å². The topological polar surface area (TPSA) is 50.4 Å². The van der Waals surface area contributed by atoms with Crippen molar-refractivity contribution in [1.29, 1.82) is 0 Å². The van der Waals surface area contributed by atoms with E-state index in [2.05, 4.69) is 10.6 Å². The van der Waals surface area contributed by atoms with Gasteiger partial charge in [0.25, 0.3) is 0 Å². The van der Waals surface area contributed by atoms with E-state index in [-0.39, 0.29) is 5.91 Å². The van der Waals surface area contributed by atoms with Crippen LogP contribution < -0.4 is 10.6 Å². The van der Waals surface area contributed by atoms with Crippen LogP contribution in [0.2, 0.25) is 10.0 Å². The highest BCUT2D eigenvalue weighted by molar-refractivity contribution is 6.35. The molecular weight excluding hydrogens is 299 g/mol. The molecule has 0 saturated heterocycles. The van der Waals surface area contributed by atoms with Gasteiger partial charge < -0.3 is 15.4 Å². The first kappa shape index (κ1) is 17.1. The second kappa shape index (κ2) is 8.35. The molecule has 0 heterocycles. The molecule has 20 heavy (non-hydrogen) atoms. The SMILES string of the molecule is COCCCNC(=O)C(C)Nc1cc(Cl)c(C)cc1Cl. The fraction of sp³-hybridized carbons (Fsp3) is 0.500. The van der Waals surface area contributed by atoms with Gasteiger partial charge >= 0.3 is 0 Å². The molecule has 4 nitrogen and oxygen atoms in total. The van der Waals surface area contributed by atoms with Crippen molar-refractivity contribution >= 4 is 34.8 Å². The Labute approximate surface area is 129 Å². The summed E-state index contributed by atoms with van der Waals surface area (Å²) in [5.41, 5.74) is 1.56. The van der Waals surface area contributed by atoms with E-state index in [4.69, 9.17) is 27.9 Å². The van der Waals surface area contributed by atoms with Crippen molar-refractivity contribution < 1.29 is 9.53 Å². The number of methoxy groups -OCH3 is 1. The van der Waals surface area contributed by atoms with Crippen molar-refractivity contribution in [3.05, 3.63) is 27.7 Å². The van der Waals surface area contributed by atoms with E-state index in [1.165, 1.54) is 0 Å². The van der Waals surface area contributed by atoms with E-state index < -0.39 is 6.04 Å². The Hall–Kier alpha value is -0.970. The lowest BCUT2D eigenvalue weighted by atomic mass is 10.2. The largest absolute Gasteiger partial charge is 0.385 e. The second-order valence-electron chi connectivity index (χ2n) is 4.58. The lowest BCUT2D eigenvalue weighted by Gasteiger charge is -2.17. The smallest absolute Gasteiger partial charge is 0.242 e. The summed E-state index contributed by atoms with van der Waals surface area (Å²) < 4.78 is 4.92. The van der Waals surface area contributed by atoms with Gasteiger partial charge in [-0.25, -0.2) is 0 Å². The molecule has 1 aromatic rings. The van der Waals surface area contributed by atoms with Gasteiger partial charge in [-0.05, 0) is 38.0 Å². The highest BCUT2D eigenvalue weighted by Crippen LogP contribution is 2.29. The van der Waals surface area contributed by atoms with E-state index in [0.29, 0.717) is 28.9 Å². The summed E-state index contributed by atoms with van der Waals surface area (Å²) in [4.78, 5) is 11.9. The van der Waals surface area contributed by atoms with Gasteiger partial charge in [0.1, 0.15) is 6.04 Å². The van der Waals surface area contributed by atoms with Gasteiger partial charge in [-0.15, -0.1) is 0 Å². The third kappa shape index (κ3) is 5.19. The molecule has 0 spiro atoms. The van der Waals surface area contributed by atoms with Crippen LogP contribution in [0.15, 0.2) is 12.1 Å². The minimum atomic E-state index is -0.395. The first-order valence-electron chi connectivity index (χ1n) is 6.44. The maximum absolute atomic E-state index is 11.9. The average molecular weight is 319 g/mol. The number of rotatable bonds is 7. The second-order valence-corrected chi connectivity index (χ2v) is 5.40. The van der Waals surface area contributed by atoms with E-state index >= 15 is 0 Å². The van der Waals surface area contributed by atoms with Crippen LogP contribution in [0.1, 0.15) is 18.9 Å². The first-order valence-corrected chi connectivity index (χ1v) is 7.20. The molecule has 1 amide bonds. The zero-order chi connectivity index (χ0) is 15.1. The Morgan fingerprint density at radius 2 is 2.05 bits per heavy atom. The third-order valence-electron chi connectivity index (χ3n) is 2.84. The Morgan fingerprint density at radius 1 is 1.35 bits per heavy atom. The molecule has 2 N–H and O–H groups in total. The van der Waals surface area contributed by atoms with Crippen LogP contribution in [0.3, 0.4) is 0 Å². The monoisotopic (exact) mass is 318 g/mol. The van der Waals surface area contributed by atoms with Gasteiger partial charge in [-0.1, -0.05) is 23.2 Å². The standard InChI is InChI=1S/C14H20Cl2N2O2/c1-9-7-12(16)13(8-11(9)15)18-10(2)14(19)17-5-4-6-20-3/h7-8,10,18H,4-6H2,1-3H3,(H,17,19). The summed E-state index contributed by atoms with van der Waals surface area (Å²) in [6.07, 6.45) is 0.784. The van der Waals surface area contributed by atoms with Gasteiger partial charge in [-0.2, -0.15) is 0 Å². The molecule has 1 rings (SSSR count). The molecule has 0 aliphatic heterocycles. The highest BCUT2D eigenvalue weighted by atomic mass is 35.5.